The summed E-state index contributed by atoms with van der Waals surface area (Å²) in [5.41, 5.74) is 7.04. The van der Waals surface area contributed by atoms with Gasteiger partial charge < -0.3 is 25.4 Å². The third-order valence-corrected chi connectivity index (χ3v) is 6.89. The van der Waals surface area contributed by atoms with Crippen molar-refractivity contribution in [1.82, 2.24) is 15.5 Å². The van der Waals surface area contributed by atoms with Crippen molar-refractivity contribution < 1.29 is 28.7 Å². The SMILES string of the molecule is CCOC(=O)CCC(NC(=O)c1ccc(N2CC3CCC4N=C(N)NC(=O)C4N3C2)cc1)C(=O)OCC. The van der Waals surface area contributed by atoms with E-state index in [1.165, 1.54) is 0 Å². The number of anilines is 1. The Labute approximate surface area is 215 Å². The Bertz CT molecular complexity index is 1060. The third kappa shape index (κ3) is 6.01. The molecule has 12 heteroatoms. The Hall–Kier alpha value is -3.67. The van der Waals surface area contributed by atoms with Crippen LogP contribution in [-0.4, -0.2) is 85.2 Å². The zero-order valence-corrected chi connectivity index (χ0v) is 21.1. The zero-order chi connectivity index (χ0) is 26.5. The summed E-state index contributed by atoms with van der Waals surface area (Å²) in [6.07, 6.45) is 1.80. The molecule has 4 N–H and O–H groups in total. The number of amides is 2. The van der Waals surface area contributed by atoms with Crippen molar-refractivity contribution in [2.75, 3.05) is 31.3 Å². The molecule has 2 fully saturated rings. The van der Waals surface area contributed by atoms with Crippen LogP contribution in [0, 0.1) is 0 Å². The first-order chi connectivity index (χ1) is 17.8. The molecule has 3 aliphatic rings. The fraction of sp³-hybridized carbons (Fsp3) is 0.560. The molecule has 2 saturated heterocycles. The summed E-state index contributed by atoms with van der Waals surface area (Å²) in [6, 6.07) is 5.88. The highest BCUT2D eigenvalue weighted by atomic mass is 16.5. The maximum absolute atomic E-state index is 12.9. The molecule has 1 aromatic rings. The molecule has 2 amide bonds. The number of nitrogens with one attached hydrogen (secondary N) is 2. The number of hydrogen-bond donors (Lipinski definition) is 3. The second-order valence-corrected chi connectivity index (χ2v) is 9.29. The number of nitrogens with zero attached hydrogens (tertiary/aromatic N) is 3. The van der Waals surface area contributed by atoms with Crippen molar-refractivity contribution in [2.45, 2.75) is 63.7 Å². The van der Waals surface area contributed by atoms with E-state index in [2.05, 4.69) is 25.4 Å². The number of nitrogens with two attached hydrogens (primary N) is 1. The molecule has 0 spiro atoms. The first kappa shape index (κ1) is 26.4. The number of carbonyl (C=O) groups excluding carboxylic acids is 4. The summed E-state index contributed by atoms with van der Waals surface area (Å²) in [5.74, 6) is -1.41. The van der Waals surface area contributed by atoms with Crippen molar-refractivity contribution in [3.05, 3.63) is 29.8 Å². The lowest BCUT2D eigenvalue weighted by atomic mass is 9.91. The van der Waals surface area contributed by atoms with Crippen molar-refractivity contribution >= 4 is 35.4 Å². The van der Waals surface area contributed by atoms with Crippen LogP contribution in [0.2, 0.25) is 0 Å². The van der Waals surface area contributed by atoms with E-state index < -0.39 is 23.9 Å². The summed E-state index contributed by atoms with van der Waals surface area (Å²) in [4.78, 5) is 58.3. The van der Waals surface area contributed by atoms with E-state index in [0.717, 1.165) is 25.1 Å². The number of carbonyl (C=O) groups is 4. The molecular weight excluding hydrogens is 480 g/mol. The highest BCUT2D eigenvalue weighted by Crippen LogP contribution is 2.33. The number of fused-ring (bicyclic) bond motifs is 3. The standard InChI is InChI=1S/C25H34N6O6/c1-3-36-20(32)12-11-19(24(35)37-4-2)27-22(33)15-5-7-16(8-6-15)30-13-17-9-10-18-21(31(17)14-30)23(34)29-25(26)28-18/h5-8,17-19,21H,3-4,9-14H2,1-2H3,(H,27,33)(H3,26,28,29,34). The van der Waals surface area contributed by atoms with Gasteiger partial charge in [-0.2, -0.15) is 0 Å². The fourth-order valence-electron chi connectivity index (χ4n) is 5.15. The van der Waals surface area contributed by atoms with E-state index in [1.807, 2.05) is 12.1 Å². The van der Waals surface area contributed by atoms with Gasteiger partial charge in [-0.1, -0.05) is 0 Å². The summed E-state index contributed by atoms with van der Waals surface area (Å²) < 4.78 is 9.97. The Morgan fingerprint density at radius 1 is 1.16 bits per heavy atom. The molecule has 4 unspecified atom stereocenters. The lowest BCUT2D eigenvalue weighted by Gasteiger charge is -2.41. The molecule has 3 heterocycles. The monoisotopic (exact) mass is 514 g/mol. The molecule has 1 aromatic carbocycles. The molecule has 0 radical (unpaired) electrons. The minimum atomic E-state index is -0.961. The fourth-order valence-corrected chi connectivity index (χ4v) is 5.15. The maximum Gasteiger partial charge on any atom is 0.328 e. The topological polar surface area (TPSA) is 156 Å². The van der Waals surface area contributed by atoms with Gasteiger partial charge in [0.25, 0.3) is 5.91 Å². The number of hydrogen-bond acceptors (Lipinski definition) is 10. The Kier molecular flexibility index (Phi) is 8.27. The van der Waals surface area contributed by atoms with Crippen molar-refractivity contribution in [3.63, 3.8) is 0 Å². The molecule has 3 aliphatic heterocycles. The lowest BCUT2D eigenvalue weighted by Crippen LogP contribution is -2.62. The molecule has 0 aliphatic carbocycles. The predicted molar refractivity (Wildman–Crippen MR) is 135 cm³/mol. The molecule has 37 heavy (non-hydrogen) atoms. The van der Waals surface area contributed by atoms with Crippen LogP contribution in [0.4, 0.5) is 5.69 Å². The van der Waals surface area contributed by atoms with E-state index in [4.69, 9.17) is 15.2 Å². The Balaban J connectivity index is 1.39. The van der Waals surface area contributed by atoms with Crippen molar-refractivity contribution in [1.29, 1.82) is 0 Å². The van der Waals surface area contributed by atoms with Gasteiger partial charge in [0, 0.05) is 30.3 Å². The Morgan fingerprint density at radius 3 is 2.59 bits per heavy atom. The normalized spacial score (nSPS) is 23.7. The van der Waals surface area contributed by atoms with Crippen LogP contribution in [0.3, 0.4) is 0 Å². The van der Waals surface area contributed by atoms with Gasteiger partial charge in [-0.05, 0) is 57.4 Å². The predicted octanol–water partition coefficient (Wildman–Crippen LogP) is 0.115. The second-order valence-electron chi connectivity index (χ2n) is 9.29. The number of piperidine rings is 1. The van der Waals surface area contributed by atoms with Crippen LogP contribution in [0.15, 0.2) is 29.3 Å². The Morgan fingerprint density at radius 2 is 1.89 bits per heavy atom. The van der Waals surface area contributed by atoms with Crippen LogP contribution in [0.5, 0.6) is 0 Å². The van der Waals surface area contributed by atoms with Crippen molar-refractivity contribution in [3.8, 4) is 0 Å². The average molecular weight is 515 g/mol. The molecule has 0 aromatic heterocycles. The lowest BCUT2D eigenvalue weighted by molar-refractivity contribution is -0.147. The summed E-state index contributed by atoms with van der Waals surface area (Å²) in [5, 5.41) is 5.32. The smallest absolute Gasteiger partial charge is 0.328 e. The number of benzene rings is 1. The number of aliphatic imine (C=N–C) groups is 1. The third-order valence-electron chi connectivity index (χ3n) is 6.89. The molecule has 4 rings (SSSR count). The van der Waals surface area contributed by atoms with Gasteiger partial charge in [0.05, 0.1) is 25.9 Å². The summed E-state index contributed by atoms with van der Waals surface area (Å²) in [6.45, 7) is 5.12. The van der Waals surface area contributed by atoms with Gasteiger partial charge >= 0.3 is 11.9 Å². The summed E-state index contributed by atoms with van der Waals surface area (Å²) >= 11 is 0. The minimum absolute atomic E-state index is 0.0130. The van der Waals surface area contributed by atoms with Crippen LogP contribution in [0.1, 0.15) is 49.9 Å². The number of guanidine groups is 1. The molecular formula is C25H34N6O6. The van der Waals surface area contributed by atoms with E-state index in [0.29, 0.717) is 12.2 Å². The second kappa shape index (κ2) is 11.6. The molecule has 200 valence electrons. The van der Waals surface area contributed by atoms with Crippen LogP contribution in [0.25, 0.3) is 0 Å². The van der Waals surface area contributed by atoms with Gasteiger partial charge in [-0.15, -0.1) is 0 Å². The van der Waals surface area contributed by atoms with E-state index in [1.54, 1.807) is 26.0 Å². The average Bonchev–Trinajstić information content (AvgIpc) is 3.31. The largest absolute Gasteiger partial charge is 0.466 e. The van der Waals surface area contributed by atoms with Crippen molar-refractivity contribution in [2.24, 2.45) is 10.7 Å². The zero-order valence-electron chi connectivity index (χ0n) is 21.1. The summed E-state index contributed by atoms with van der Waals surface area (Å²) in [7, 11) is 0. The first-order valence-electron chi connectivity index (χ1n) is 12.7. The van der Waals surface area contributed by atoms with E-state index in [9.17, 15) is 19.2 Å². The number of ether oxygens (including phenoxy) is 2. The molecule has 4 atom stereocenters. The van der Waals surface area contributed by atoms with E-state index >= 15 is 0 Å². The van der Waals surface area contributed by atoms with Gasteiger partial charge in [0.1, 0.15) is 12.1 Å². The van der Waals surface area contributed by atoms with E-state index in [-0.39, 0.29) is 56.0 Å². The minimum Gasteiger partial charge on any atom is -0.466 e. The van der Waals surface area contributed by atoms with Crippen LogP contribution >= 0.6 is 0 Å². The molecule has 0 bridgehead atoms. The number of esters is 2. The van der Waals surface area contributed by atoms with Crippen LogP contribution in [-0.2, 0) is 23.9 Å². The highest BCUT2D eigenvalue weighted by molar-refractivity contribution is 6.01. The highest BCUT2D eigenvalue weighted by Gasteiger charge is 2.47. The maximum atomic E-state index is 12.9. The molecule has 12 nitrogen and oxygen atoms in total. The van der Waals surface area contributed by atoms with Gasteiger partial charge in [-0.25, -0.2) is 9.79 Å². The first-order valence-corrected chi connectivity index (χ1v) is 12.7. The van der Waals surface area contributed by atoms with Gasteiger partial charge in [0.15, 0.2) is 5.96 Å². The van der Waals surface area contributed by atoms with Gasteiger partial charge in [0.2, 0.25) is 5.91 Å². The quantitative estimate of drug-likeness (QED) is 0.390. The molecule has 0 saturated carbocycles. The van der Waals surface area contributed by atoms with Gasteiger partial charge in [-0.3, -0.25) is 24.6 Å². The number of rotatable bonds is 9. The van der Waals surface area contributed by atoms with Crippen LogP contribution < -0.4 is 21.3 Å².